The number of amides is 1. The zero-order valence-corrected chi connectivity index (χ0v) is 16.4. The molecule has 1 aromatic heterocycles. The zero-order chi connectivity index (χ0) is 17.8. The molecule has 1 amide bonds. The number of carbonyl (C=O) groups excluding carboxylic acids is 1. The molecule has 25 heavy (non-hydrogen) atoms. The molecule has 0 saturated heterocycles. The summed E-state index contributed by atoms with van der Waals surface area (Å²) in [6.45, 7) is 0. The molecule has 7 heteroatoms. The van der Waals surface area contributed by atoms with Gasteiger partial charge in [0.25, 0.3) is 5.91 Å². The molecule has 0 aliphatic heterocycles. The van der Waals surface area contributed by atoms with Crippen LogP contribution in [0.5, 0.6) is 0 Å². The van der Waals surface area contributed by atoms with Gasteiger partial charge in [0, 0.05) is 29.7 Å². The maximum atomic E-state index is 11.5. The highest BCUT2D eigenvalue weighted by atomic mass is 35.5. The third kappa shape index (κ3) is 4.66. The summed E-state index contributed by atoms with van der Waals surface area (Å²) in [6, 6.07) is 8.13. The summed E-state index contributed by atoms with van der Waals surface area (Å²) in [7, 11) is 2.14. The van der Waals surface area contributed by atoms with Crippen molar-refractivity contribution in [2.24, 2.45) is 0 Å². The molecule has 1 N–H and O–H groups in total. The van der Waals surface area contributed by atoms with Crippen molar-refractivity contribution in [2.45, 2.75) is 43.0 Å². The molecule has 1 aliphatic rings. The minimum absolute atomic E-state index is 0.430. The van der Waals surface area contributed by atoms with Crippen molar-refractivity contribution in [2.75, 3.05) is 17.3 Å². The molecule has 3 rings (SSSR count). The van der Waals surface area contributed by atoms with E-state index in [2.05, 4.69) is 22.6 Å². The Morgan fingerprint density at radius 2 is 1.92 bits per heavy atom. The van der Waals surface area contributed by atoms with Gasteiger partial charge in [-0.25, -0.2) is 4.98 Å². The maximum Gasteiger partial charge on any atom is 0.257 e. The van der Waals surface area contributed by atoms with E-state index in [1.165, 1.54) is 32.1 Å². The molecular weight excluding hydrogens is 377 g/mol. The average molecular weight is 398 g/mol. The Kier molecular flexibility index (Phi) is 6.20. The number of hydrogen-bond acceptors (Lipinski definition) is 4. The first kappa shape index (κ1) is 18.5. The van der Waals surface area contributed by atoms with E-state index in [1.54, 1.807) is 11.3 Å². The maximum absolute atomic E-state index is 11.5. The quantitative estimate of drug-likeness (QED) is 0.694. The van der Waals surface area contributed by atoms with E-state index in [4.69, 9.17) is 28.2 Å². The summed E-state index contributed by atoms with van der Waals surface area (Å²) in [5, 5.41) is 5.80. The highest BCUT2D eigenvalue weighted by Crippen LogP contribution is 2.31. The number of thiazole rings is 1. The molecule has 134 valence electrons. The molecule has 0 spiro atoms. The molecule has 1 aliphatic carbocycles. The molecule has 0 radical (unpaired) electrons. The van der Waals surface area contributed by atoms with Crippen molar-refractivity contribution in [3.63, 3.8) is 0 Å². The second-order valence-electron chi connectivity index (χ2n) is 6.29. The van der Waals surface area contributed by atoms with Gasteiger partial charge in [0.2, 0.25) is 0 Å². The summed E-state index contributed by atoms with van der Waals surface area (Å²) in [4.78, 5) is 17.5. The molecule has 1 saturated carbocycles. The lowest BCUT2D eigenvalue weighted by atomic mass is 9.95. The van der Waals surface area contributed by atoms with Crippen LogP contribution in [0.1, 0.15) is 32.1 Å². The lowest BCUT2D eigenvalue weighted by Crippen LogP contribution is -2.33. The van der Waals surface area contributed by atoms with Crippen molar-refractivity contribution in [3.05, 3.63) is 29.6 Å². The summed E-state index contributed by atoms with van der Waals surface area (Å²) in [5.74, 6) is -0.430. The van der Waals surface area contributed by atoms with E-state index < -0.39 is 10.7 Å². The predicted octanol–water partition coefficient (Wildman–Crippen LogP) is 5.32. The number of alkyl halides is 2. The Hall–Kier alpha value is -1.30. The lowest BCUT2D eigenvalue weighted by Gasteiger charge is -2.30. The van der Waals surface area contributed by atoms with Crippen LogP contribution in [0.2, 0.25) is 0 Å². The first-order valence-corrected chi connectivity index (χ1v) is 10.2. The van der Waals surface area contributed by atoms with Crippen molar-refractivity contribution in [1.82, 2.24) is 4.98 Å². The van der Waals surface area contributed by atoms with Gasteiger partial charge in [-0.2, -0.15) is 0 Å². The fourth-order valence-corrected chi connectivity index (χ4v) is 4.09. The summed E-state index contributed by atoms with van der Waals surface area (Å²) >= 11 is 12.8. The molecule has 1 heterocycles. The largest absolute Gasteiger partial charge is 0.348 e. The van der Waals surface area contributed by atoms with E-state index in [9.17, 15) is 4.79 Å². The van der Waals surface area contributed by atoms with Crippen LogP contribution in [-0.4, -0.2) is 28.8 Å². The fourth-order valence-electron chi connectivity index (χ4n) is 3.10. The second kappa shape index (κ2) is 8.39. The molecule has 1 fully saturated rings. The number of anilines is 2. The van der Waals surface area contributed by atoms with Crippen LogP contribution in [0.3, 0.4) is 0 Å². The number of aromatic nitrogens is 1. The number of carbonyl (C=O) groups is 1. The Morgan fingerprint density at radius 1 is 1.24 bits per heavy atom. The number of nitrogens with zero attached hydrogens (tertiary/aromatic N) is 2. The number of benzene rings is 1. The summed E-state index contributed by atoms with van der Waals surface area (Å²) < 4.78 is 0. The Morgan fingerprint density at radius 3 is 2.56 bits per heavy atom. The minimum Gasteiger partial charge on any atom is -0.348 e. The molecule has 4 nitrogen and oxygen atoms in total. The minimum atomic E-state index is -1.07. The number of halogens is 2. The van der Waals surface area contributed by atoms with Crippen molar-refractivity contribution >= 4 is 51.3 Å². The van der Waals surface area contributed by atoms with Gasteiger partial charge in [0.1, 0.15) is 0 Å². The van der Waals surface area contributed by atoms with Gasteiger partial charge < -0.3 is 10.2 Å². The second-order valence-corrected chi connectivity index (χ2v) is 8.22. The molecule has 0 atom stereocenters. The highest BCUT2D eigenvalue weighted by molar-refractivity contribution is 7.14. The van der Waals surface area contributed by atoms with Gasteiger partial charge in [-0.15, -0.1) is 11.3 Å². The zero-order valence-electron chi connectivity index (χ0n) is 14.0. The van der Waals surface area contributed by atoms with Gasteiger partial charge >= 0.3 is 0 Å². The Balaban J connectivity index is 1.68. The van der Waals surface area contributed by atoms with E-state index in [0.717, 1.165) is 16.4 Å². The van der Waals surface area contributed by atoms with Crippen molar-refractivity contribution < 1.29 is 4.79 Å². The molecule has 0 bridgehead atoms. The first-order valence-electron chi connectivity index (χ1n) is 8.42. The van der Waals surface area contributed by atoms with Crippen LogP contribution >= 0.6 is 34.5 Å². The van der Waals surface area contributed by atoms with Crippen LogP contribution in [0, 0.1) is 0 Å². The summed E-state index contributed by atoms with van der Waals surface area (Å²) in [6.07, 6.45) is 6.48. The average Bonchev–Trinajstić information content (AvgIpc) is 3.12. The molecular formula is C18H21Cl2N3OS. The predicted molar refractivity (Wildman–Crippen MR) is 107 cm³/mol. The fraction of sp³-hybridized carbons (Fsp3) is 0.444. The standard InChI is InChI=1S/C18H21Cl2N3OS/c1-23(14-5-3-2-4-6-14)18-22-15(11-25-18)12-7-9-13(10-8-12)21-17(24)16(19)20/h7-11,14,16H,2-6H2,1H3,(H,21,24). The van der Waals surface area contributed by atoms with Crippen LogP contribution in [0.4, 0.5) is 10.8 Å². The summed E-state index contributed by atoms with van der Waals surface area (Å²) in [5.41, 5.74) is 2.63. The third-order valence-electron chi connectivity index (χ3n) is 4.56. The smallest absolute Gasteiger partial charge is 0.257 e. The number of rotatable bonds is 5. The van der Waals surface area contributed by atoms with Gasteiger partial charge in [-0.1, -0.05) is 54.6 Å². The molecule has 0 unspecified atom stereocenters. The van der Waals surface area contributed by atoms with Crippen LogP contribution in [-0.2, 0) is 4.79 Å². The van der Waals surface area contributed by atoms with Gasteiger partial charge in [0.05, 0.1) is 5.69 Å². The monoisotopic (exact) mass is 397 g/mol. The van der Waals surface area contributed by atoms with E-state index in [1.807, 2.05) is 24.3 Å². The van der Waals surface area contributed by atoms with E-state index in [0.29, 0.717) is 11.7 Å². The Labute approximate surface area is 162 Å². The first-order chi connectivity index (χ1) is 12.0. The molecule has 1 aromatic carbocycles. The highest BCUT2D eigenvalue weighted by Gasteiger charge is 2.20. The van der Waals surface area contributed by atoms with Gasteiger partial charge in [-0.3, -0.25) is 4.79 Å². The van der Waals surface area contributed by atoms with Crippen molar-refractivity contribution in [3.8, 4) is 11.3 Å². The van der Waals surface area contributed by atoms with E-state index >= 15 is 0 Å². The number of hydrogen-bond donors (Lipinski definition) is 1. The topological polar surface area (TPSA) is 45.2 Å². The Bertz CT molecular complexity index is 711. The lowest BCUT2D eigenvalue weighted by molar-refractivity contribution is -0.114. The van der Waals surface area contributed by atoms with Gasteiger partial charge in [-0.05, 0) is 25.0 Å². The third-order valence-corrected chi connectivity index (χ3v) is 5.89. The van der Waals surface area contributed by atoms with E-state index in [-0.39, 0.29) is 0 Å². The normalized spacial score (nSPS) is 15.4. The SMILES string of the molecule is CN(c1nc(-c2ccc(NC(=O)C(Cl)Cl)cc2)cs1)C1CCCCC1. The molecule has 2 aromatic rings. The van der Waals surface area contributed by atoms with Crippen molar-refractivity contribution in [1.29, 1.82) is 0 Å². The number of nitrogens with one attached hydrogen (secondary N) is 1. The van der Waals surface area contributed by atoms with Gasteiger partial charge in [0.15, 0.2) is 9.97 Å². The van der Waals surface area contributed by atoms with Crippen LogP contribution < -0.4 is 10.2 Å². The van der Waals surface area contributed by atoms with Crippen LogP contribution in [0.25, 0.3) is 11.3 Å². The van der Waals surface area contributed by atoms with Crippen LogP contribution in [0.15, 0.2) is 29.6 Å².